The molecule has 3 rings (SSSR count). The van der Waals surface area contributed by atoms with Gasteiger partial charge in [0.25, 0.3) is 0 Å². The molecule has 2 N–H and O–H groups in total. The topological polar surface area (TPSA) is 70.7 Å². The molecule has 1 aliphatic rings. The second-order valence-corrected chi connectivity index (χ2v) is 5.64. The molecular weight excluding hydrogens is 309 g/mol. The lowest BCUT2D eigenvalue weighted by Crippen LogP contribution is -2.30. The third kappa shape index (κ3) is 3.88. The first kappa shape index (κ1) is 15.5. The minimum absolute atomic E-state index is 0.202. The highest BCUT2D eigenvalue weighted by atomic mass is 19.4. The average molecular weight is 324 g/mol. The normalized spacial score (nSPS) is 16.1. The third-order valence-corrected chi connectivity index (χ3v) is 3.73. The Hall–Kier alpha value is -2.38. The van der Waals surface area contributed by atoms with Gasteiger partial charge >= 0.3 is 6.18 Å². The molecule has 23 heavy (non-hydrogen) atoms. The molecule has 1 saturated carbocycles. The van der Waals surface area contributed by atoms with E-state index in [1.54, 1.807) is 0 Å². The zero-order valence-electron chi connectivity index (χ0n) is 12.1. The average Bonchev–Trinajstić information content (AvgIpc) is 3.14. The van der Waals surface area contributed by atoms with Crippen LogP contribution in [0, 0.1) is 5.92 Å². The van der Waals surface area contributed by atoms with E-state index in [9.17, 15) is 18.0 Å². The number of alkyl halides is 3. The Balaban J connectivity index is 1.87. The SMILES string of the molecule is O=C(CC1CC1)N[C@@H](c1cccc(C(F)(F)F)c1)c1ncn[nH]1. The van der Waals surface area contributed by atoms with Crippen molar-refractivity contribution < 1.29 is 18.0 Å². The summed E-state index contributed by atoms with van der Waals surface area (Å²) in [6.45, 7) is 0. The van der Waals surface area contributed by atoms with Gasteiger partial charge in [0.1, 0.15) is 12.4 Å². The molecule has 0 aliphatic heterocycles. The molecule has 0 radical (unpaired) electrons. The maximum absolute atomic E-state index is 12.9. The van der Waals surface area contributed by atoms with Gasteiger partial charge in [-0.1, -0.05) is 12.1 Å². The van der Waals surface area contributed by atoms with Crippen molar-refractivity contribution in [2.24, 2.45) is 5.92 Å². The number of carbonyl (C=O) groups excluding carboxylic acids is 1. The molecule has 1 atom stereocenters. The van der Waals surface area contributed by atoms with Gasteiger partial charge in [0.05, 0.1) is 5.56 Å². The molecule has 8 heteroatoms. The lowest BCUT2D eigenvalue weighted by molar-refractivity contribution is -0.137. The monoisotopic (exact) mass is 324 g/mol. The number of hydrogen-bond acceptors (Lipinski definition) is 3. The van der Waals surface area contributed by atoms with E-state index in [1.807, 2.05) is 0 Å². The number of aromatic amines is 1. The van der Waals surface area contributed by atoms with Crippen LogP contribution in [0.3, 0.4) is 0 Å². The van der Waals surface area contributed by atoms with Crippen molar-refractivity contribution >= 4 is 5.91 Å². The maximum Gasteiger partial charge on any atom is 0.416 e. The fraction of sp³-hybridized carbons (Fsp3) is 0.400. The molecule has 1 aromatic heterocycles. The molecule has 122 valence electrons. The fourth-order valence-corrected chi connectivity index (χ4v) is 2.36. The summed E-state index contributed by atoms with van der Waals surface area (Å²) in [5.74, 6) is 0.478. The van der Waals surface area contributed by atoms with Crippen molar-refractivity contribution in [3.8, 4) is 0 Å². The van der Waals surface area contributed by atoms with Gasteiger partial charge in [0.15, 0.2) is 5.82 Å². The minimum Gasteiger partial charge on any atom is -0.342 e. The molecule has 0 saturated heterocycles. The van der Waals surface area contributed by atoms with Crippen LogP contribution in [0.4, 0.5) is 13.2 Å². The van der Waals surface area contributed by atoms with Crippen molar-refractivity contribution in [1.29, 1.82) is 0 Å². The van der Waals surface area contributed by atoms with Crippen LogP contribution in [0.2, 0.25) is 0 Å². The van der Waals surface area contributed by atoms with Crippen LogP contribution in [0.5, 0.6) is 0 Å². The molecule has 5 nitrogen and oxygen atoms in total. The molecule has 1 aromatic carbocycles. The Labute approximate surface area is 130 Å². The molecule has 1 amide bonds. The van der Waals surface area contributed by atoms with Gasteiger partial charge in [-0.2, -0.15) is 18.3 Å². The van der Waals surface area contributed by atoms with E-state index in [1.165, 1.54) is 18.5 Å². The van der Waals surface area contributed by atoms with Crippen LogP contribution in [-0.4, -0.2) is 21.1 Å². The summed E-state index contributed by atoms with van der Waals surface area (Å²) in [6, 6.07) is 4.07. The van der Waals surface area contributed by atoms with E-state index in [-0.39, 0.29) is 5.91 Å². The first-order chi connectivity index (χ1) is 10.9. The summed E-state index contributed by atoms with van der Waals surface area (Å²) in [6.07, 6.45) is -0.777. The summed E-state index contributed by atoms with van der Waals surface area (Å²) < 4.78 is 38.7. The van der Waals surface area contributed by atoms with E-state index in [4.69, 9.17) is 0 Å². The molecule has 1 aliphatic carbocycles. The van der Waals surface area contributed by atoms with E-state index in [0.29, 0.717) is 23.7 Å². The van der Waals surface area contributed by atoms with Crippen molar-refractivity contribution in [2.75, 3.05) is 0 Å². The Bertz CT molecular complexity index is 680. The Morgan fingerprint density at radius 2 is 2.17 bits per heavy atom. The van der Waals surface area contributed by atoms with Gasteiger partial charge in [-0.05, 0) is 36.5 Å². The lowest BCUT2D eigenvalue weighted by Gasteiger charge is -2.18. The van der Waals surface area contributed by atoms with Gasteiger partial charge in [-0.15, -0.1) is 0 Å². The molecule has 0 bridgehead atoms. The van der Waals surface area contributed by atoms with Crippen LogP contribution in [0.15, 0.2) is 30.6 Å². The predicted molar refractivity (Wildman–Crippen MR) is 75.2 cm³/mol. The second kappa shape index (κ2) is 6.02. The van der Waals surface area contributed by atoms with Crippen LogP contribution in [0.1, 0.15) is 42.3 Å². The van der Waals surface area contributed by atoms with Crippen molar-refractivity contribution in [2.45, 2.75) is 31.5 Å². The van der Waals surface area contributed by atoms with Crippen LogP contribution in [-0.2, 0) is 11.0 Å². The molecular formula is C15H15F3N4O. The zero-order valence-corrected chi connectivity index (χ0v) is 12.1. The second-order valence-electron chi connectivity index (χ2n) is 5.64. The minimum atomic E-state index is -4.44. The first-order valence-corrected chi connectivity index (χ1v) is 7.25. The Morgan fingerprint density at radius 1 is 1.39 bits per heavy atom. The number of halogens is 3. The summed E-state index contributed by atoms with van der Waals surface area (Å²) >= 11 is 0. The number of aromatic nitrogens is 3. The molecule has 0 spiro atoms. The number of hydrogen-bond donors (Lipinski definition) is 2. The van der Waals surface area contributed by atoms with E-state index in [0.717, 1.165) is 25.0 Å². The fourth-order valence-electron chi connectivity index (χ4n) is 2.36. The smallest absolute Gasteiger partial charge is 0.342 e. The van der Waals surface area contributed by atoms with Gasteiger partial charge in [-0.3, -0.25) is 9.89 Å². The van der Waals surface area contributed by atoms with Gasteiger partial charge in [0.2, 0.25) is 5.91 Å². The number of nitrogens with zero attached hydrogens (tertiary/aromatic N) is 2. The number of rotatable bonds is 5. The Morgan fingerprint density at radius 3 is 2.78 bits per heavy atom. The molecule has 0 unspecified atom stereocenters. The van der Waals surface area contributed by atoms with Crippen molar-refractivity contribution in [3.05, 3.63) is 47.5 Å². The Kier molecular flexibility index (Phi) is 4.06. The molecule has 1 heterocycles. The van der Waals surface area contributed by atoms with Crippen molar-refractivity contribution in [1.82, 2.24) is 20.5 Å². The van der Waals surface area contributed by atoms with Crippen LogP contribution >= 0.6 is 0 Å². The lowest BCUT2D eigenvalue weighted by atomic mass is 10.0. The zero-order chi connectivity index (χ0) is 16.4. The maximum atomic E-state index is 12.9. The first-order valence-electron chi connectivity index (χ1n) is 7.25. The number of carbonyl (C=O) groups is 1. The largest absolute Gasteiger partial charge is 0.416 e. The van der Waals surface area contributed by atoms with Crippen LogP contribution in [0.25, 0.3) is 0 Å². The number of benzene rings is 1. The van der Waals surface area contributed by atoms with E-state index < -0.39 is 17.8 Å². The standard InChI is InChI=1S/C15H15F3N4O/c16-15(17,18)11-3-1-2-10(7-11)13(14-19-8-20-22-14)21-12(23)6-9-4-5-9/h1-3,7-9,13H,4-6H2,(H,21,23)(H,19,20,22)/t13-/m0/s1. The number of H-pyrrole nitrogens is 1. The van der Waals surface area contributed by atoms with Crippen molar-refractivity contribution in [3.63, 3.8) is 0 Å². The van der Waals surface area contributed by atoms with Gasteiger partial charge < -0.3 is 5.32 Å². The summed E-state index contributed by atoms with van der Waals surface area (Å²) in [4.78, 5) is 16.0. The molecule has 2 aromatic rings. The quantitative estimate of drug-likeness (QED) is 0.888. The molecule has 1 fully saturated rings. The highest BCUT2D eigenvalue weighted by Crippen LogP contribution is 2.33. The third-order valence-electron chi connectivity index (χ3n) is 3.73. The van der Waals surface area contributed by atoms with Gasteiger partial charge in [-0.25, -0.2) is 4.98 Å². The summed E-state index contributed by atoms with van der Waals surface area (Å²) in [5, 5.41) is 9.07. The predicted octanol–water partition coefficient (Wildman–Crippen LogP) is 2.83. The summed E-state index contributed by atoms with van der Waals surface area (Å²) in [7, 11) is 0. The number of amides is 1. The van der Waals surface area contributed by atoms with E-state index >= 15 is 0 Å². The number of nitrogens with one attached hydrogen (secondary N) is 2. The highest BCUT2D eigenvalue weighted by Gasteiger charge is 2.32. The highest BCUT2D eigenvalue weighted by molar-refractivity contribution is 5.77. The summed E-state index contributed by atoms with van der Waals surface area (Å²) in [5.41, 5.74) is -0.461. The van der Waals surface area contributed by atoms with Crippen LogP contribution < -0.4 is 5.32 Å². The van der Waals surface area contributed by atoms with Gasteiger partial charge in [0, 0.05) is 6.42 Å². The van der Waals surface area contributed by atoms with E-state index in [2.05, 4.69) is 20.5 Å².